The normalized spacial score (nSPS) is 10.5. The lowest BCUT2D eigenvalue weighted by atomic mass is 10.1. The van der Waals surface area contributed by atoms with Gasteiger partial charge in [0.15, 0.2) is 0 Å². The highest BCUT2D eigenvalue weighted by molar-refractivity contribution is 5.68. The summed E-state index contributed by atoms with van der Waals surface area (Å²) in [7, 11) is 10.3. The molecular formula is C46H53N3O10. The van der Waals surface area contributed by atoms with Crippen LogP contribution < -0.4 is 33.3 Å². The molecule has 13 heteroatoms. The van der Waals surface area contributed by atoms with Crippen molar-refractivity contribution in [2.45, 2.75) is 26.2 Å². The van der Waals surface area contributed by atoms with Crippen LogP contribution in [0.1, 0.15) is 22.3 Å². The maximum absolute atomic E-state index is 13.4. The van der Waals surface area contributed by atoms with Gasteiger partial charge in [-0.25, -0.2) is 9.59 Å². The van der Waals surface area contributed by atoms with Crippen LogP contribution in [0.2, 0.25) is 0 Å². The minimum atomic E-state index is -0.479. The lowest BCUT2D eigenvalue weighted by Crippen LogP contribution is -2.31. The van der Waals surface area contributed by atoms with E-state index in [-0.39, 0.29) is 26.4 Å². The van der Waals surface area contributed by atoms with Crippen LogP contribution in [0.25, 0.3) is 0 Å². The molecule has 5 rings (SSSR count). The fourth-order valence-electron chi connectivity index (χ4n) is 5.92. The first-order chi connectivity index (χ1) is 28.7. The summed E-state index contributed by atoms with van der Waals surface area (Å²) in [4.78, 5) is 32.0. The monoisotopic (exact) mass is 807 g/mol. The van der Waals surface area contributed by atoms with Gasteiger partial charge in [-0.05, 0) is 70.8 Å². The molecule has 5 aromatic carbocycles. The number of hydrogen-bond acceptors (Lipinski definition) is 11. The van der Waals surface area contributed by atoms with Crippen molar-refractivity contribution in [1.29, 1.82) is 0 Å². The Hall–Kier alpha value is -6.76. The van der Waals surface area contributed by atoms with Crippen molar-refractivity contribution in [1.82, 2.24) is 9.80 Å². The third-order valence-corrected chi connectivity index (χ3v) is 9.18. The van der Waals surface area contributed by atoms with E-state index in [0.717, 1.165) is 50.9 Å². The smallest absolute Gasteiger partial charge is 0.410 e. The predicted octanol–water partition coefficient (Wildman–Crippen LogP) is 8.22. The second kappa shape index (κ2) is 22.3. The average molecular weight is 808 g/mol. The number of ether oxygens (including phenoxy) is 8. The summed E-state index contributed by atoms with van der Waals surface area (Å²) in [6, 6.07) is 35.7. The van der Waals surface area contributed by atoms with Gasteiger partial charge in [-0.15, -0.1) is 0 Å². The lowest BCUT2D eigenvalue weighted by Gasteiger charge is -2.23. The highest BCUT2D eigenvalue weighted by atomic mass is 16.6. The highest BCUT2D eigenvalue weighted by Gasteiger charge is 2.19. The molecule has 59 heavy (non-hydrogen) atoms. The van der Waals surface area contributed by atoms with E-state index in [1.165, 1.54) is 0 Å². The van der Waals surface area contributed by atoms with Crippen LogP contribution in [0.3, 0.4) is 0 Å². The van der Waals surface area contributed by atoms with Crippen LogP contribution in [0, 0.1) is 0 Å². The van der Waals surface area contributed by atoms with Gasteiger partial charge in [0.2, 0.25) is 0 Å². The molecule has 0 atom stereocenters. The van der Waals surface area contributed by atoms with Crippen molar-refractivity contribution in [3.8, 4) is 34.5 Å². The van der Waals surface area contributed by atoms with Crippen molar-refractivity contribution in [2.75, 3.05) is 73.9 Å². The van der Waals surface area contributed by atoms with E-state index < -0.39 is 12.2 Å². The maximum Gasteiger partial charge on any atom is 0.410 e. The molecule has 0 aromatic heterocycles. The summed E-state index contributed by atoms with van der Waals surface area (Å²) in [6.07, 6.45) is -0.958. The summed E-state index contributed by atoms with van der Waals surface area (Å²) in [5.74, 6) is 3.98. The topological polar surface area (TPSA) is 118 Å². The van der Waals surface area contributed by atoms with Crippen molar-refractivity contribution in [3.05, 3.63) is 138 Å². The number of amides is 2. The largest absolute Gasteiger partial charge is 0.497 e. The zero-order valence-corrected chi connectivity index (χ0v) is 34.6. The fourth-order valence-corrected chi connectivity index (χ4v) is 5.92. The number of benzene rings is 5. The number of nitrogens with zero attached hydrogens (tertiary/aromatic N) is 3. The van der Waals surface area contributed by atoms with Gasteiger partial charge < -0.3 is 42.8 Å². The number of carbonyl (C=O) groups excluding carboxylic acids is 2. The Balaban J connectivity index is 1.15. The molecule has 0 heterocycles. The van der Waals surface area contributed by atoms with Crippen LogP contribution >= 0.6 is 0 Å². The molecule has 0 aliphatic heterocycles. The van der Waals surface area contributed by atoms with Crippen molar-refractivity contribution in [3.63, 3.8) is 0 Å². The number of anilines is 1. The molecule has 0 spiro atoms. The molecular weight excluding hydrogens is 755 g/mol. The summed E-state index contributed by atoms with van der Waals surface area (Å²) in [5, 5.41) is 0. The molecule has 0 aliphatic carbocycles. The van der Waals surface area contributed by atoms with Crippen LogP contribution in [-0.4, -0.2) is 90.9 Å². The van der Waals surface area contributed by atoms with Gasteiger partial charge in [0.1, 0.15) is 60.9 Å². The average Bonchev–Trinajstić information content (AvgIpc) is 3.27. The number of rotatable bonds is 21. The third kappa shape index (κ3) is 13.7. The molecule has 312 valence electrons. The van der Waals surface area contributed by atoms with E-state index in [1.807, 2.05) is 128 Å². The van der Waals surface area contributed by atoms with Gasteiger partial charge in [-0.1, -0.05) is 48.5 Å². The quantitative estimate of drug-likeness (QED) is 0.0668. The molecule has 0 aliphatic rings. The van der Waals surface area contributed by atoms with Gasteiger partial charge in [-0.3, -0.25) is 9.80 Å². The first kappa shape index (κ1) is 43.4. The number of hydrogen-bond donors (Lipinski definition) is 0. The van der Waals surface area contributed by atoms with Gasteiger partial charge in [0.05, 0.1) is 28.4 Å². The van der Waals surface area contributed by atoms with E-state index in [1.54, 1.807) is 44.3 Å². The van der Waals surface area contributed by atoms with E-state index >= 15 is 0 Å². The molecule has 0 bridgehead atoms. The van der Waals surface area contributed by atoms with Crippen molar-refractivity contribution >= 4 is 17.9 Å². The predicted molar refractivity (Wildman–Crippen MR) is 225 cm³/mol. The molecule has 0 saturated heterocycles. The molecule has 0 saturated carbocycles. The molecule has 0 radical (unpaired) electrons. The molecule has 5 aromatic rings. The molecule has 0 unspecified atom stereocenters. The second-order valence-electron chi connectivity index (χ2n) is 13.6. The minimum Gasteiger partial charge on any atom is -0.497 e. The minimum absolute atomic E-state index is 0.0163. The maximum atomic E-state index is 13.4. The van der Waals surface area contributed by atoms with Gasteiger partial charge in [-0.2, -0.15) is 0 Å². The Kier molecular flexibility index (Phi) is 16.4. The fraction of sp³-hybridized carbons (Fsp3) is 0.304. The Morgan fingerprint density at radius 2 is 0.695 bits per heavy atom. The number of carbonyl (C=O) groups is 2. The van der Waals surface area contributed by atoms with Gasteiger partial charge in [0.25, 0.3) is 0 Å². The first-order valence-electron chi connectivity index (χ1n) is 19.1. The lowest BCUT2D eigenvalue weighted by molar-refractivity contribution is 0.0829. The second-order valence-corrected chi connectivity index (χ2v) is 13.6. The van der Waals surface area contributed by atoms with E-state index in [9.17, 15) is 9.59 Å². The van der Waals surface area contributed by atoms with E-state index in [0.29, 0.717) is 37.7 Å². The Bertz CT molecular complexity index is 1800. The standard InChI is InChI=1S/C46H53N3O10/c1-47(2)38-27-43(56-23-25-58-45(50)48(30-34-7-15-39(52-3)16-8-34)31-35-9-17-40(53-4)18-10-35)29-44(28-38)57-24-26-59-46(51)49(32-36-11-19-41(54-5)20-12-36)33-37-13-21-42(55-6)22-14-37/h7-22,27-29H,23-26,30-33H2,1-6H3. The summed E-state index contributed by atoms with van der Waals surface area (Å²) >= 11 is 0. The van der Waals surface area contributed by atoms with Gasteiger partial charge in [0, 0.05) is 64.2 Å². The molecule has 2 amide bonds. The number of methoxy groups -OCH3 is 4. The van der Waals surface area contributed by atoms with E-state index in [4.69, 9.17) is 37.9 Å². The zero-order chi connectivity index (χ0) is 42.0. The SMILES string of the molecule is COc1ccc(CN(Cc2ccc(OC)cc2)C(=O)OCCOc2cc(OCCOC(=O)N(Cc3ccc(OC)cc3)Cc3ccc(OC)cc3)cc(N(C)C)c2)cc1. The molecule has 13 nitrogen and oxygen atoms in total. The van der Waals surface area contributed by atoms with Crippen molar-refractivity contribution < 1.29 is 47.5 Å². The summed E-state index contributed by atoms with van der Waals surface area (Å²) in [5.41, 5.74) is 4.54. The zero-order valence-electron chi connectivity index (χ0n) is 34.6. The summed E-state index contributed by atoms with van der Waals surface area (Å²) in [6.45, 7) is 1.58. The molecule has 0 N–H and O–H groups in total. The molecule has 0 fully saturated rings. The van der Waals surface area contributed by atoms with E-state index in [2.05, 4.69) is 0 Å². The summed E-state index contributed by atoms with van der Waals surface area (Å²) < 4.78 is 44.6. The Morgan fingerprint density at radius 3 is 0.949 bits per heavy atom. The van der Waals surface area contributed by atoms with Crippen LogP contribution in [0.5, 0.6) is 34.5 Å². The highest BCUT2D eigenvalue weighted by Crippen LogP contribution is 2.28. The van der Waals surface area contributed by atoms with Crippen LogP contribution in [0.15, 0.2) is 115 Å². The Labute approximate surface area is 346 Å². The first-order valence-corrected chi connectivity index (χ1v) is 19.1. The third-order valence-electron chi connectivity index (χ3n) is 9.18. The van der Waals surface area contributed by atoms with Crippen LogP contribution in [0.4, 0.5) is 15.3 Å². The van der Waals surface area contributed by atoms with Crippen LogP contribution in [-0.2, 0) is 35.7 Å². The van der Waals surface area contributed by atoms with Crippen molar-refractivity contribution in [2.24, 2.45) is 0 Å². The van der Waals surface area contributed by atoms with Gasteiger partial charge >= 0.3 is 12.2 Å². The Morgan fingerprint density at radius 1 is 0.407 bits per heavy atom.